The van der Waals surface area contributed by atoms with Gasteiger partial charge in [0.25, 0.3) is 0 Å². The van der Waals surface area contributed by atoms with Crippen molar-refractivity contribution in [1.29, 1.82) is 0 Å². The molecular weight excluding hydrogens is 384 g/mol. The number of aromatic nitrogens is 1. The number of halogens is 1. The fourth-order valence-electron chi connectivity index (χ4n) is 3.77. The van der Waals surface area contributed by atoms with Gasteiger partial charge < -0.3 is 9.64 Å². The number of aryl methyl sites for hydroxylation is 1. The van der Waals surface area contributed by atoms with E-state index in [1.165, 1.54) is 5.56 Å². The normalized spacial score (nSPS) is 14.5. The standard InChI is InChI=1S/C24H26N2O2.ClH/c1-3-24(27)26-12-10-22(11-13-26)28-21-7-5-18(6-8-21)20-15-19-14-17(2)4-9-23(19)25-16-20;/h4-9,14-16,22H,3,10-13H2,1-2H3;1H. The first-order valence-electron chi connectivity index (χ1n) is 10.0. The minimum atomic E-state index is 0. The van der Waals surface area contributed by atoms with Crippen molar-refractivity contribution in [3.8, 4) is 16.9 Å². The summed E-state index contributed by atoms with van der Waals surface area (Å²) in [7, 11) is 0. The molecule has 2 aromatic carbocycles. The molecule has 0 bridgehead atoms. The minimum Gasteiger partial charge on any atom is -0.490 e. The SMILES string of the molecule is CCC(=O)N1CCC(Oc2ccc(-c3cnc4ccc(C)cc4c3)cc2)CC1.Cl. The molecular formula is C24H27ClN2O2. The van der Waals surface area contributed by atoms with Gasteiger partial charge in [-0.25, -0.2) is 0 Å². The Balaban J connectivity index is 0.00000240. The van der Waals surface area contributed by atoms with Crippen molar-refractivity contribution in [3.63, 3.8) is 0 Å². The molecule has 0 spiro atoms. The van der Waals surface area contributed by atoms with Gasteiger partial charge >= 0.3 is 0 Å². The largest absolute Gasteiger partial charge is 0.490 e. The van der Waals surface area contributed by atoms with E-state index in [4.69, 9.17) is 4.74 Å². The van der Waals surface area contributed by atoms with Crippen LogP contribution in [-0.2, 0) is 4.79 Å². The maximum absolute atomic E-state index is 11.8. The summed E-state index contributed by atoms with van der Waals surface area (Å²) in [5, 5.41) is 1.16. The molecule has 4 rings (SSSR count). The van der Waals surface area contributed by atoms with E-state index in [1.807, 2.05) is 30.2 Å². The van der Waals surface area contributed by atoms with E-state index in [1.54, 1.807) is 0 Å². The number of piperidine rings is 1. The average Bonchev–Trinajstić information content (AvgIpc) is 2.73. The third-order valence-corrected chi connectivity index (χ3v) is 5.42. The van der Waals surface area contributed by atoms with E-state index in [2.05, 4.69) is 48.3 Å². The quantitative estimate of drug-likeness (QED) is 0.577. The molecule has 4 nitrogen and oxygen atoms in total. The van der Waals surface area contributed by atoms with Crippen molar-refractivity contribution in [2.45, 2.75) is 39.2 Å². The molecule has 29 heavy (non-hydrogen) atoms. The summed E-state index contributed by atoms with van der Waals surface area (Å²) >= 11 is 0. The topological polar surface area (TPSA) is 42.4 Å². The molecule has 1 aromatic heterocycles. The molecule has 1 amide bonds. The molecule has 1 aliphatic rings. The highest BCUT2D eigenvalue weighted by Gasteiger charge is 2.22. The zero-order chi connectivity index (χ0) is 19.5. The lowest BCUT2D eigenvalue weighted by Crippen LogP contribution is -2.41. The number of carbonyl (C=O) groups is 1. The molecule has 152 valence electrons. The van der Waals surface area contributed by atoms with Gasteiger partial charge in [-0.2, -0.15) is 0 Å². The number of carbonyl (C=O) groups excluding carboxylic acids is 1. The van der Waals surface area contributed by atoms with Gasteiger partial charge in [0, 0.05) is 49.5 Å². The van der Waals surface area contributed by atoms with Crippen molar-refractivity contribution in [1.82, 2.24) is 9.88 Å². The summed E-state index contributed by atoms with van der Waals surface area (Å²) in [4.78, 5) is 18.3. The average molecular weight is 411 g/mol. The molecule has 5 heteroatoms. The molecule has 3 aromatic rings. The first-order chi connectivity index (χ1) is 13.6. The van der Waals surface area contributed by atoms with E-state index in [9.17, 15) is 4.79 Å². The van der Waals surface area contributed by atoms with Crippen LogP contribution in [0.15, 0.2) is 54.7 Å². The van der Waals surface area contributed by atoms with Crippen LogP contribution in [0.2, 0.25) is 0 Å². The maximum Gasteiger partial charge on any atom is 0.222 e. The molecule has 0 N–H and O–H groups in total. The number of nitrogens with zero attached hydrogens (tertiary/aromatic N) is 2. The third kappa shape index (κ3) is 4.88. The van der Waals surface area contributed by atoms with Gasteiger partial charge in [-0.3, -0.25) is 9.78 Å². The van der Waals surface area contributed by atoms with Gasteiger partial charge in [0.05, 0.1) is 5.52 Å². The first kappa shape index (κ1) is 21.1. The van der Waals surface area contributed by atoms with Gasteiger partial charge in [-0.05, 0) is 42.8 Å². The Bertz CT molecular complexity index is 980. The summed E-state index contributed by atoms with van der Waals surface area (Å²) in [6.45, 7) is 5.59. The number of hydrogen-bond donors (Lipinski definition) is 0. The summed E-state index contributed by atoms with van der Waals surface area (Å²) in [6, 6.07) is 16.7. The van der Waals surface area contributed by atoms with E-state index in [0.717, 1.165) is 53.7 Å². The molecule has 0 saturated carbocycles. The van der Waals surface area contributed by atoms with Crippen LogP contribution in [0.3, 0.4) is 0 Å². The van der Waals surface area contributed by atoms with Gasteiger partial charge in [-0.1, -0.05) is 30.7 Å². The first-order valence-corrected chi connectivity index (χ1v) is 10.0. The molecule has 0 radical (unpaired) electrons. The Morgan fingerprint density at radius 3 is 2.48 bits per heavy atom. The molecule has 1 aliphatic heterocycles. The highest BCUT2D eigenvalue weighted by atomic mass is 35.5. The summed E-state index contributed by atoms with van der Waals surface area (Å²) in [5.74, 6) is 1.12. The highest BCUT2D eigenvalue weighted by molar-refractivity contribution is 5.85. The predicted octanol–water partition coefficient (Wildman–Crippen LogP) is 5.41. The van der Waals surface area contributed by atoms with Gasteiger partial charge in [-0.15, -0.1) is 12.4 Å². The van der Waals surface area contributed by atoms with Crippen LogP contribution in [0.25, 0.3) is 22.0 Å². The van der Waals surface area contributed by atoms with E-state index < -0.39 is 0 Å². The van der Waals surface area contributed by atoms with Crippen LogP contribution in [0.5, 0.6) is 5.75 Å². The number of hydrogen-bond acceptors (Lipinski definition) is 3. The lowest BCUT2D eigenvalue weighted by molar-refractivity contribution is -0.132. The number of ether oxygens (including phenoxy) is 1. The zero-order valence-electron chi connectivity index (χ0n) is 16.9. The second-order valence-corrected chi connectivity index (χ2v) is 7.50. The number of rotatable bonds is 4. The smallest absolute Gasteiger partial charge is 0.222 e. The van der Waals surface area contributed by atoms with E-state index in [0.29, 0.717) is 6.42 Å². The molecule has 0 atom stereocenters. The summed E-state index contributed by atoms with van der Waals surface area (Å²) in [6.07, 6.45) is 4.46. The minimum absolute atomic E-state index is 0. The number of fused-ring (bicyclic) bond motifs is 1. The second kappa shape index (κ2) is 9.27. The molecule has 0 unspecified atom stereocenters. The fourth-order valence-corrected chi connectivity index (χ4v) is 3.77. The van der Waals surface area contributed by atoms with Gasteiger partial charge in [0.15, 0.2) is 0 Å². The van der Waals surface area contributed by atoms with Crippen LogP contribution >= 0.6 is 12.4 Å². The van der Waals surface area contributed by atoms with Crippen molar-refractivity contribution in [2.24, 2.45) is 0 Å². The molecule has 2 heterocycles. The zero-order valence-corrected chi connectivity index (χ0v) is 17.7. The lowest BCUT2D eigenvalue weighted by atomic mass is 10.0. The molecule has 1 saturated heterocycles. The van der Waals surface area contributed by atoms with Crippen molar-refractivity contribution in [2.75, 3.05) is 13.1 Å². The van der Waals surface area contributed by atoms with Crippen LogP contribution in [0.4, 0.5) is 0 Å². The number of likely N-dealkylation sites (tertiary alicyclic amines) is 1. The molecule has 0 aliphatic carbocycles. The van der Waals surface area contributed by atoms with Crippen molar-refractivity contribution in [3.05, 3.63) is 60.3 Å². The Kier molecular flexibility index (Phi) is 6.75. The Morgan fingerprint density at radius 1 is 1.07 bits per heavy atom. The van der Waals surface area contributed by atoms with Crippen LogP contribution in [0, 0.1) is 6.92 Å². The maximum atomic E-state index is 11.8. The van der Waals surface area contributed by atoms with Crippen molar-refractivity contribution < 1.29 is 9.53 Å². The lowest BCUT2D eigenvalue weighted by Gasteiger charge is -2.32. The van der Waals surface area contributed by atoms with Gasteiger partial charge in [0.2, 0.25) is 5.91 Å². The van der Waals surface area contributed by atoms with Crippen LogP contribution in [0.1, 0.15) is 31.7 Å². The number of amides is 1. The highest BCUT2D eigenvalue weighted by Crippen LogP contribution is 2.26. The van der Waals surface area contributed by atoms with Crippen LogP contribution in [-0.4, -0.2) is 35.0 Å². The molecule has 1 fully saturated rings. The van der Waals surface area contributed by atoms with Crippen LogP contribution < -0.4 is 4.74 Å². The Labute approximate surface area is 178 Å². The second-order valence-electron chi connectivity index (χ2n) is 7.50. The van der Waals surface area contributed by atoms with Crippen molar-refractivity contribution >= 4 is 29.2 Å². The van der Waals surface area contributed by atoms with E-state index in [-0.39, 0.29) is 24.4 Å². The summed E-state index contributed by atoms with van der Waals surface area (Å²) < 4.78 is 6.14. The fraction of sp³-hybridized carbons (Fsp3) is 0.333. The Morgan fingerprint density at radius 2 is 1.79 bits per heavy atom. The third-order valence-electron chi connectivity index (χ3n) is 5.42. The monoisotopic (exact) mass is 410 g/mol. The van der Waals surface area contributed by atoms with Gasteiger partial charge in [0.1, 0.15) is 11.9 Å². The number of benzene rings is 2. The van der Waals surface area contributed by atoms with E-state index >= 15 is 0 Å². The predicted molar refractivity (Wildman–Crippen MR) is 120 cm³/mol. The summed E-state index contributed by atoms with van der Waals surface area (Å²) in [5.41, 5.74) is 4.49. The Hall–Kier alpha value is -2.59. The number of pyridine rings is 1.